The minimum atomic E-state index is -4.63. The van der Waals surface area contributed by atoms with Gasteiger partial charge in [0.25, 0.3) is 10.0 Å². The van der Waals surface area contributed by atoms with Crippen LogP contribution in [0.2, 0.25) is 0 Å². The molecule has 3 aromatic heterocycles. The maximum absolute atomic E-state index is 12.9. The van der Waals surface area contributed by atoms with Gasteiger partial charge in [0.05, 0.1) is 35.0 Å². The molecule has 30 heavy (non-hydrogen) atoms. The highest BCUT2D eigenvalue weighted by atomic mass is 32.2. The maximum atomic E-state index is 12.9. The van der Waals surface area contributed by atoms with E-state index in [0.717, 1.165) is 40.4 Å². The van der Waals surface area contributed by atoms with Crippen LogP contribution < -0.4 is 4.72 Å². The molecule has 0 saturated heterocycles. The van der Waals surface area contributed by atoms with Crippen LogP contribution in [0.25, 0.3) is 16.6 Å². The highest BCUT2D eigenvalue weighted by Gasteiger charge is 2.32. The van der Waals surface area contributed by atoms with Crippen LogP contribution in [0.4, 0.5) is 18.9 Å². The Morgan fingerprint density at radius 2 is 1.93 bits per heavy atom. The molecule has 0 unspecified atom stereocenters. The number of pyridine rings is 1. The number of fused-ring (bicyclic) bond motifs is 1. The monoisotopic (exact) mass is 436 g/mol. The number of para-hydroxylation sites is 1. The average Bonchev–Trinajstić information content (AvgIpc) is 3.28. The van der Waals surface area contributed by atoms with Gasteiger partial charge in [0.15, 0.2) is 0 Å². The largest absolute Gasteiger partial charge is 0.433 e. The van der Waals surface area contributed by atoms with E-state index in [1.165, 1.54) is 6.07 Å². The Morgan fingerprint density at radius 1 is 1.17 bits per heavy atom. The molecule has 4 aromatic rings. The zero-order valence-electron chi connectivity index (χ0n) is 15.7. The van der Waals surface area contributed by atoms with Crippen LogP contribution in [0.3, 0.4) is 0 Å². The quantitative estimate of drug-likeness (QED) is 0.530. The molecule has 1 N–H and O–H groups in total. The van der Waals surface area contributed by atoms with Gasteiger partial charge in [0.2, 0.25) is 0 Å². The van der Waals surface area contributed by atoms with Crippen LogP contribution >= 0.6 is 0 Å². The smallest absolute Gasteiger partial charge is 0.277 e. The predicted molar refractivity (Wildman–Crippen MR) is 103 cm³/mol. The minimum Gasteiger partial charge on any atom is -0.277 e. The number of aromatic nitrogens is 5. The lowest BCUT2D eigenvalue weighted by Crippen LogP contribution is -2.13. The Hall–Kier alpha value is -3.41. The van der Waals surface area contributed by atoms with Crippen molar-refractivity contribution in [2.45, 2.75) is 18.0 Å². The molecule has 156 valence electrons. The molecular weight excluding hydrogens is 421 g/mol. The number of nitrogens with one attached hydrogen (secondary N) is 1. The molecule has 1 aromatic carbocycles. The third-order valence-electron chi connectivity index (χ3n) is 4.46. The fourth-order valence-corrected chi connectivity index (χ4v) is 4.10. The standard InChI is InChI=1S/C18H15F3N6O2S/c1-11-14-4-3-5-15(17(14)26(2)24-11)25-30(28,29)13-9-23-27(10-13)12-6-7-22-16(8-12)18(19,20)21/h3-10,25H,1-2H3. The van der Waals surface area contributed by atoms with Gasteiger partial charge in [0.1, 0.15) is 10.6 Å². The third-order valence-corrected chi connectivity index (χ3v) is 5.78. The number of halogens is 3. The van der Waals surface area contributed by atoms with Crippen molar-refractivity contribution < 1.29 is 21.6 Å². The summed E-state index contributed by atoms with van der Waals surface area (Å²) in [5.74, 6) is 0. The summed E-state index contributed by atoms with van der Waals surface area (Å²) in [6.45, 7) is 1.81. The van der Waals surface area contributed by atoms with E-state index in [9.17, 15) is 21.6 Å². The Morgan fingerprint density at radius 3 is 2.67 bits per heavy atom. The van der Waals surface area contributed by atoms with E-state index < -0.39 is 21.9 Å². The second-order valence-electron chi connectivity index (χ2n) is 6.53. The molecule has 0 saturated carbocycles. The fourth-order valence-electron chi connectivity index (χ4n) is 3.10. The number of nitrogens with zero attached hydrogens (tertiary/aromatic N) is 5. The van der Waals surface area contributed by atoms with E-state index in [2.05, 4.69) is 19.9 Å². The van der Waals surface area contributed by atoms with Crippen molar-refractivity contribution >= 4 is 26.6 Å². The topological polar surface area (TPSA) is 94.7 Å². The van der Waals surface area contributed by atoms with E-state index in [1.54, 1.807) is 23.9 Å². The van der Waals surface area contributed by atoms with E-state index in [0.29, 0.717) is 11.2 Å². The van der Waals surface area contributed by atoms with Crippen molar-refractivity contribution in [1.29, 1.82) is 0 Å². The van der Waals surface area contributed by atoms with Crippen LogP contribution in [0.15, 0.2) is 53.8 Å². The molecule has 0 bridgehead atoms. The summed E-state index contributed by atoms with van der Waals surface area (Å²) in [5, 5.41) is 8.98. The van der Waals surface area contributed by atoms with Gasteiger partial charge in [-0.25, -0.2) is 13.1 Å². The predicted octanol–water partition coefficient (Wildman–Crippen LogP) is 3.28. The number of benzene rings is 1. The highest BCUT2D eigenvalue weighted by Crippen LogP contribution is 2.29. The van der Waals surface area contributed by atoms with Gasteiger partial charge in [-0.15, -0.1) is 0 Å². The second-order valence-corrected chi connectivity index (χ2v) is 8.22. The highest BCUT2D eigenvalue weighted by molar-refractivity contribution is 7.92. The second kappa shape index (κ2) is 6.83. The lowest BCUT2D eigenvalue weighted by atomic mass is 10.2. The Bertz CT molecular complexity index is 1360. The summed E-state index contributed by atoms with van der Waals surface area (Å²) in [6, 6.07) is 7.22. The number of anilines is 1. The van der Waals surface area contributed by atoms with Crippen molar-refractivity contribution in [2.75, 3.05) is 4.72 Å². The van der Waals surface area contributed by atoms with Crippen LogP contribution in [0.1, 0.15) is 11.4 Å². The molecule has 3 heterocycles. The average molecular weight is 436 g/mol. The normalized spacial score (nSPS) is 12.4. The number of sulfonamides is 1. The molecule has 0 aliphatic heterocycles. The third kappa shape index (κ3) is 3.49. The van der Waals surface area contributed by atoms with E-state index in [1.807, 2.05) is 13.0 Å². The number of hydrogen-bond donors (Lipinski definition) is 1. The molecule has 0 atom stereocenters. The molecule has 0 aliphatic carbocycles. The zero-order chi connectivity index (χ0) is 21.7. The van der Waals surface area contributed by atoms with Gasteiger partial charge in [-0.2, -0.15) is 23.4 Å². The van der Waals surface area contributed by atoms with Crippen molar-refractivity contribution in [3.8, 4) is 5.69 Å². The van der Waals surface area contributed by atoms with E-state index in [-0.39, 0.29) is 10.6 Å². The van der Waals surface area contributed by atoms with E-state index in [4.69, 9.17) is 0 Å². The van der Waals surface area contributed by atoms with Crippen LogP contribution in [-0.4, -0.2) is 33.0 Å². The molecule has 0 fully saturated rings. The van der Waals surface area contributed by atoms with Gasteiger partial charge < -0.3 is 0 Å². The molecular formula is C18H15F3N6O2S. The van der Waals surface area contributed by atoms with Gasteiger partial charge in [-0.05, 0) is 25.1 Å². The molecule has 0 spiro atoms. The fraction of sp³-hybridized carbons (Fsp3) is 0.167. The Balaban J connectivity index is 1.69. The van der Waals surface area contributed by atoms with Crippen LogP contribution in [0.5, 0.6) is 0 Å². The summed E-state index contributed by atoms with van der Waals surface area (Å²) >= 11 is 0. The van der Waals surface area contributed by atoms with Gasteiger partial charge >= 0.3 is 6.18 Å². The number of rotatable bonds is 4. The van der Waals surface area contributed by atoms with Crippen molar-refractivity contribution in [1.82, 2.24) is 24.5 Å². The summed E-state index contributed by atoms with van der Waals surface area (Å²) in [4.78, 5) is 3.08. The molecule has 12 heteroatoms. The van der Waals surface area contributed by atoms with Crippen LogP contribution in [-0.2, 0) is 23.2 Å². The van der Waals surface area contributed by atoms with Crippen molar-refractivity contribution in [3.63, 3.8) is 0 Å². The zero-order valence-corrected chi connectivity index (χ0v) is 16.5. The Kier molecular flexibility index (Phi) is 4.53. The van der Waals surface area contributed by atoms with Gasteiger partial charge in [-0.1, -0.05) is 12.1 Å². The summed E-state index contributed by atoms with van der Waals surface area (Å²) in [6.07, 6.45) is -1.45. The SMILES string of the molecule is Cc1nn(C)c2c(NS(=O)(=O)c3cnn(-c4ccnc(C(F)(F)F)c4)c3)cccc12. The molecule has 0 aliphatic rings. The van der Waals surface area contributed by atoms with Gasteiger partial charge in [0, 0.05) is 18.6 Å². The Labute approximate surface area is 169 Å². The van der Waals surface area contributed by atoms with E-state index >= 15 is 0 Å². The molecule has 0 amide bonds. The lowest BCUT2D eigenvalue weighted by Gasteiger charge is -2.09. The summed E-state index contributed by atoms with van der Waals surface area (Å²) in [5.41, 5.74) is 0.612. The lowest BCUT2D eigenvalue weighted by molar-refractivity contribution is -0.141. The molecule has 0 radical (unpaired) electrons. The maximum Gasteiger partial charge on any atom is 0.433 e. The number of aryl methyl sites for hydroxylation is 2. The van der Waals surface area contributed by atoms with Gasteiger partial charge in [-0.3, -0.25) is 14.4 Å². The van der Waals surface area contributed by atoms with Crippen molar-refractivity contribution in [2.24, 2.45) is 7.05 Å². The summed E-state index contributed by atoms with van der Waals surface area (Å²) < 4.78 is 69.4. The molecule has 8 nitrogen and oxygen atoms in total. The first-order valence-corrected chi connectivity index (χ1v) is 10.1. The number of hydrogen-bond acceptors (Lipinski definition) is 5. The summed E-state index contributed by atoms with van der Waals surface area (Å²) in [7, 11) is -2.35. The van der Waals surface area contributed by atoms with Crippen LogP contribution in [0, 0.1) is 6.92 Å². The first kappa shape index (κ1) is 19.9. The first-order valence-electron chi connectivity index (χ1n) is 8.60. The van der Waals surface area contributed by atoms with Crippen molar-refractivity contribution in [3.05, 3.63) is 60.3 Å². The number of alkyl halides is 3. The first-order chi connectivity index (χ1) is 14.1. The minimum absolute atomic E-state index is 0.0307. The molecule has 4 rings (SSSR count).